The van der Waals surface area contributed by atoms with Crippen molar-refractivity contribution in [3.05, 3.63) is 29.0 Å². The molecule has 0 N–H and O–H groups in total. The summed E-state index contributed by atoms with van der Waals surface area (Å²) >= 11 is 1.47. The summed E-state index contributed by atoms with van der Waals surface area (Å²) in [5.74, 6) is 0.631. The summed E-state index contributed by atoms with van der Waals surface area (Å²) < 4.78 is 10.3. The van der Waals surface area contributed by atoms with Crippen LogP contribution in [0.2, 0.25) is 0 Å². The maximum atomic E-state index is 12.3. The fourth-order valence-electron chi connectivity index (χ4n) is 1.83. The number of aromatic nitrogens is 1. The molecule has 0 unspecified atom stereocenters. The Kier molecular flexibility index (Phi) is 4.92. The molecule has 5 nitrogen and oxygen atoms in total. The first-order chi connectivity index (χ1) is 9.63. The van der Waals surface area contributed by atoms with Gasteiger partial charge in [0.1, 0.15) is 5.69 Å². The molecule has 2 aromatic rings. The van der Waals surface area contributed by atoms with E-state index in [-0.39, 0.29) is 5.91 Å². The molecule has 20 heavy (non-hydrogen) atoms. The fraction of sp³-hybridized carbons (Fsp3) is 0.429. The van der Waals surface area contributed by atoms with Crippen molar-refractivity contribution in [3.63, 3.8) is 0 Å². The van der Waals surface area contributed by atoms with E-state index in [1.54, 1.807) is 25.3 Å². The molecule has 108 valence electrons. The Hall–Kier alpha value is -1.66. The summed E-state index contributed by atoms with van der Waals surface area (Å²) in [6.45, 7) is 3.20. The van der Waals surface area contributed by atoms with Crippen molar-refractivity contribution in [1.29, 1.82) is 0 Å². The number of aryl methyl sites for hydroxylation is 1. The van der Waals surface area contributed by atoms with Crippen LogP contribution < -0.4 is 0 Å². The zero-order valence-electron chi connectivity index (χ0n) is 11.9. The van der Waals surface area contributed by atoms with E-state index >= 15 is 0 Å². The van der Waals surface area contributed by atoms with Crippen LogP contribution in [-0.4, -0.2) is 43.1 Å². The Labute approximate surface area is 122 Å². The van der Waals surface area contributed by atoms with E-state index in [1.807, 2.05) is 19.1 Å². The molecule has 0 fully saturated rings. The highest BCUT2D eigenvalue weighted by atomic mass is 32.1. The molecule has 2 aromatic heterocycles. The molecule has 0 saturated heterocycles. The van der Waals surface area contributed by atoms with Gasteiger partial charge < -0.3 is 14.1 Å². The number of hydrogen-bond donors (Lipinski definition) is 0. The van der Waals surface area contributed by atoms with Gasteiger partial charge in [0.05, 0.1) is 6.26 Å². The molecule has 0 bridgehead atoms. The van der Waals surface area contributed by atoms with Crippen LogP contribution in [0.25, 0.3) is 10.8 Å². The van der Waals surface area contributed by atoms with Crippen molar-refractivity contribution in [3.8, 4) is 10.8 Å². The van der Waals surface area contributed by atoms with Gasteiger partial charge in [-0.2, -0.15) is 0 Å². The molecule has 2 heterocycles. The molecule has 0 atom stereocenters. The molecule has 0 aliphatic heterocycles. The van der Waals surface area contributed by atoms with E-state index in [0.29, 0.717) is 24.6 Å². The van der Waals surface area contributed by atoms with Gasteiger partial charge in [-0.25, -0.2) is 4.98 Å². The second kappa shape index (κ2) is 6.67. The molecular formula is C14H18N2O3S. The number of carbonyl (C=O) groups is 1. The van der Waals surface area contributed by atoms with Crippen molar-refractivity contribution in [2.45, 2.75) is 13.3 Å². The summed E-state index contributed by atoms with van der Waals surface area (Å²) in [4.78, 5) is 19.3. The van der Waals surface area contributed by atoms with Crippen LogP contribution in [0.3, 0.4) is 0 Å². The average molecular weight is 294 g/mol. The zero-order chi connectivity index (χ0) is 14.5. The van der Waals surface area contributed by atoms with Gasteiger partial charge in [0, 0.05) is 32.2 Å². The monoisotopic (exact) mass is 294 g/mol. The van der Waals surface area contributed by atoms with Gasteiger partial charge in [0.2, 0.25) is 0 Å². The quantitative estimate of drug-likeness (QED) is 0.769. The molecular weight excluding hydrogens is 276 g/mol. The smallest absolute Gasteiger partial charge is 0.273 e. The number of methoxy groups -OCH3 is 1. The number of carbonyl (C=O) groups excluding carboxylic acids is 1. The highest BCUT2D eigenvalue weighted by Gasteiger charge is 2.20. The lowest BCUT2D eigenvalue weighted by atomic mass is 10.3. The minimum absolute atomic E-state index is 0.0624. The van der Waals surface area contributed by atoms with Crippen LogP contribution in [0.15, 0.2) is 22.8 Å². The lowest BCUT2D eigenvalue weighted by molar-refractivity contribution is 0.0774. The van der Waals surface area contributed by atoms with Crippen molar-refractivity contribution in [1.82, 2.24) is 9.88 Å². The molecule has 0 aromatic carbocycles. The maximum Gasteiger partial charge on any atom is 0.273 e. The Morgan fingerprint density at radius 1 is 1.55 bits per heavy atom. The van der Waals surface area contributed by atoms with Crippen LogP contribution in [-0.2, 0) is 4.74 Å². The van der Waals surface area contributed by atoms with E-state index in [1.165, 1.54) is 11.3 Å². The van der Waals surface area contributed by atoms with E-state index in [0.717, 1.165) is 16.3 Å². The minimum Gasteiger partial charge on any atom is -0.462 e. The van der Waals surface area contributed by atoms with Crippen molar-refractivity contribution in [2.75, 3.05) is 27.3 Å². The van der Waals surface area contributed by atoms with Gasteiger partial charge in [-0.3, -0.25) is 4.79 Å². The SMILES string of the molecule is COCCCN(C)C(=O)c1nc(-c2ccco2)sc1C. The largest absolute Gasteiger partial charge is 0.462 e. The molecule has 0 spiro atoms. The summed E-state index contributed by atoms with van der Waals surface area (Å²) in [6.07, 6.45) is 2.41. The molecule has 0 aliphatic carbocycles. The number of thiazole rings is 1. The van der Waals surface area contributed by atoms with Gasteiger partial charge >= 0.3 is 0 Å². The van der Waals surface area contributed by atoms with Gasteiger partial charge in [-0.1, -0.05) is 0 Å². The lowest BCUT2D eigenvalue weighted by Crippen LogP contribution is -2.29. The topological polar surface area (TPSA) is 55.6 Å². The number of ether oxygens (including phenoxy) is 1. The van der Waals surface area contributed by atoms with Crippen molar-refractivity contribution < 1.29 is 13.9 Å². The van der Waals surface area contributed by atoms with Gasteiger partial charge in [-0.05, 0) is 25.5 Å². The average Bonchev–Trinajstić information content (AvgIpc) is 3.07. The third-order valence-corrected chi connectivity index (χ3v) is 3.91. The number of nitrogens with zero attached hydrogens (tertiary/aromatic N) is 2. The summed E-state index contributed by atoms with van der Waals surface area (Å²) in [7, 11) is 3.44. The van der Waals surface area contributed by atoms with Crippen LogP contribution in [0.5, 0.6) is 0 Å². The van der Waals surface area contributed by atoms with Gasteiger partial charge in [-0.15, -0.1) is 11.3 Å². The molecule has 0 radical (unpaired) electrons. The zero-order valence-corrected chi connectivity index (χ0v) is 12.7. The standard InChI is InChI=1S/C14H18N2O3S/c1-10-12(14(17)16(2)7-5-8-18-3)15-13(20-10)11-6-4-9-19-11/h4,6,9H,5,7-8H2,1-3H3. The maximum absolute atomic E-state index is 12.3. The molecule has 2 rings (SSSR count). The van der Waals surface area contributed by atoms with Crippen LogP contribution in [0, 0.1) is 6.92 Å². The second-order valence-corrected chi connectivity index (χ2v) is 5.68. The number of hydrogen-bond acceptors (Lipinski definition) is 5. The summed E-state index contributed by atoms with van der Waals surface area (Å²) in [5.41, 5.74) is 0.501. The van der Waals surface area contributed by atoms with E-state index < -0.39 is 0 Å². The van der Waals surface area contributed by atoms with Crippen LogP contribution >= 0.6 is 11.3 Å². The highest BCUT2D eigenvalue weighted by Crippen LogP contribution is 2.28. The number of furan rings is 1. The predicted molar refractivity (Wildman–Crippen MR) is 78.0 cm³/mol. The lowest BCUT2D eigenvalue weighted by Gasteiger charge is -2.15. The number of amides is 1. The van der Waals surface area contributed by atoms with Crippen molar-refractivity contribution >= 4 is 17.2 Å². The fourth-order valence-corrected chi connectivity index (χ4v) is 2.70. The minimum atomic E-state index is -0.0624. The van der Waals surface area contributed by atoms with Crippen molar-refractivity contribution in [2.24, 2.45) is 0 Å². The molecule has 0 aliphatic rings. The molecule has 1 amide bonds. The third-order valence-electron chi connectivity index (χ3n) is 2.92. The third kappa shape index (κ3) is 3.26. The van der Waals surface area contributed by atoms with Crippen LogP contribution in [0.4, 0.5) is 0 Å². The number of rotatable bonds is 6. The Morgan fingerprint density at radius 3 is 3.00 bits per heavy atom. The predicted octanol–water partition coefficient (Wildman–Crippen LogP) is 2.82. The van der Waals surface area contributed by atoms with Crippen LogP contribution in [0.1, 0.15) is 21.8 Å². The van der Waals surface area contributed by atoms with E-state index in [4.69, 9.17) is 9.15 Å². The first-order valence-corrected chi connectivity index (χ1v) is 7.21. The first-order valence-electron chi connectivity index (χ1n) is 6.39. The Balaban J connectivity index is 2.10. The van der Waals surface area contributed by atoms with Gasteiger partial charge in [0.25, 0.3) is 5.91 Å². The summed E-state index contributed by atoms with van der Waals surface area (Å²) in [6, 6.07) is 3.65. The second-order valence-electron chi connectivity index (χ2n) is 4.47. The first kappa shape index (κ1) is 14.7. The normalized spacial score (nSPS) is 10.8. The summed E-state index contributed by atoms with van der Waals surface area (Å²) in [5, 5.41) is 0.737. The Bertz CT molecular complexity index is 563. The van der Waals surface area contributed by atoms with Gasteiger partial charge in [0.15, 0.2) is 10.8 Å². The highest BCUT2D eigenvalue weighted by molar-refractivity contribution is 7.15. The molecule has 0 saturated carbocycles. The molecule has 6 heteroatoms. The van der Waals surface area contributed by atoms with E-state index in [2.05, 4.69) is 4.98 Å². The van der Waals surface area contributed by atoms with E-state index in [9.17, 15) is 4.79 Å². The Morgan fingerprint density at radius 2 is 2.35 bits per heavy atom.